The van der Waals surface area contributed by atoms with E-state index in [0.717, 1.165) is 10.9 Å². The summed E-state index contributed by atoms with van der Waals surface area (Å²) in [5.74, 6) is 2.46. The van der Waals surface area contributed by atoms with E-state index in [-0.39, 0.29) is 12.3 Å². The van der Waals surface area contributed by atoms with Gasteiger partial charge in [-0.2, -0.15) is 0 Å². The number of nitrogens with zero attached hydrogens (tertiary/aromatic N) is 3. The van der Waals surface area contributed by atoms with Crippen LogP contribution in [0.4, 0.5) is 5.69 Å². The van der Waals surface area contributed by atoms with E-state index in [2.05, 4.69) is 15.5 Å². The molecule has 0 spiro atoms. The molecule has 0 aliphatic carbocycles. The first-order valence-corrected chi connectivity index (χ1v) is 10.3. The van der Waals surface area contributed by atoms with Gasteiger partial charge in [0.2, 0.25) is 5.91 Å². The van der Waals surface area contributed by atoms with E-state index in [1.165, 1.54) is 11.8 Å². The second-order valence-electron chi connectivity index (χ2n) is 6.03. The number of benzene rings is 2. The molecule has 0 aliphatic rings. The fourth-order valence-corrected chi connectivity index (χ4v) is 3.41. The first-order chi connectivity index (χ1) is 14.1. The molecule has 9 heteroatoms. The van der Waals surface area contributed by atoms with E-state index in [9.17, 15) is 4.79 Å². The van der Waals surface area contributed by atoms with Crippen LogP contribution in [0.2, 0.25) is 5.02 Å². The van der Waals surface area contributed by atoms with Crippen LogP contribution in [0.1, 0.15) is 5.82 Å². The second-order valence-corrected chi connectivity index (χ2v) is 7.53. The van der Waals surface area contributed by atoms with Gasteiger partial charge in [0.15, 0.2) is 5.16 Å². The van der Waals surface area contributed by atoms with Crippen molar-refractivity contribution in [3.63, 3.8) is 0 Å². The third-order valence-corrected chi connectivity index (χ3v) is 5.26. The van der Waals surface area contributed by atoms with Crippen molar-refractivity contribution in [2.24, 2.45) is 7.05 Å². The molecule has 0 unspecified atom stereocenters. The maximum absolute atomic E-state index is 12.4. The second kappa shape index (κ2) is 10.2. The van der Waals surface area contributed by atoms with Crippen LogP contribution in [0, 0.1) is 0 Å². The minimum Gasteiger partial charge on any atom is -0.495 e. The zero-order valence-electron chi connectivity index (χ0n) is 16.1. The van der Waals surface area contributed by atoms with Gasteiger partial charge < -0.3 is 19.4 Å². The lowest BCUT2D eigenvalue weighted by Crippen LogP contribution is -2.17. The first kappa shape index (κ1) is 21.0. The lowest BCUT2D eigenvalue weighted by Gasteiger charge is -2.09. The van der Waals surface area contributed by atoms with Crippen molar-refractivity contribution in [3.05, 3.63) is 59.4 Å². The molecule has 3 rings (SSSR count). The van der Waals surface area contributed by atoms with Crippen LogP contribution in [0.3, 0.4) is 0 Å². The van der Waals surface area contributed by atoms with Gasteiger partial charge in [-0.15, -0.1) is 10.2 Å². The van der Waals surface area contributed by atoms with Gasteiger partial charge in [-0.1, -0.05) is 35.5 Å². The molecule has 0 bridgehead atoms. The maximum atomic E-state index is 12.4. The van der Waals surface area contributed by atoms with Gasteiger partial charge >= 0.3 is 0 Å². The SMILES string of the molecule is COc1ccccc1NC(=O)Cc1nnc(SCCOc2ccc(Cl)cc2)n1C. The number of carbonyl (C=O) groups is 1. The number of para-hydroxylation sites is 2. The number of hydrogen-bond donors (Lipinski definition) is 1. The summed E-state index contributed by atoms with van der Waals surface area (Å²) in [7, 11) is 3.40. The highest BCUT2D eigenvalue weighted by molar-refractivity contribution is 7.99. The molecule has 29 heavy (non-hydrogen) atoms. The Morgan fingerprint density at radius 1 is 1.17 bits per heavy atom. The number of ether oxygens (including phenoxy) is 2. The average Bonchev–Trinajstić information content (AvgIpc) is 3.06. The van der Waals surface area contributed by atoms with Gasteiger partial charge in [-0.25, -0.2) is 0 Å². The van der Waals surface area contributed by atoms with Crippen LogP contribution in [-0.2, 0) is 18.3 Å². The van der Waals surface area contributed by atoms with Crippen LogP contribution >= 0.6 is 23.4 Å². The van der Waals surface area contributed by atoms with Gasteiger partial charge in [-0.3, -0.25) is 4.79 Å². The Kier molecular flexibility index (Phi) is 7.37. The molecule has 0 atom stereocenters. The molecule has 0 saturated heterocycles. The summed E-state index contributed by atoms with van der Waals surface area (Å²) in [6.45, 7) is 0.517. The molecular formula is C20H21ClN4O3S. The zero-order valence-corrected chi connectivity index (χ0v) is 17.7. The molecule has 1 heterocycles. The highest BCUT2D eigenvalue weighted by Gasteiger charge is 2.14. The molecule has 152 valence electrons. The van der Waals surface area contributed by atoms with Gasteiger partial charge in [-0.05, 0) is 36.4 Å². The summed E-state index contributed by atoms with van der Waals surface area (Å²) in [6.07, 6.45) is 0.114. The van der Waals surface area contributed by atoms with Gasteiger partial charge in [0.05, 0.1) is 25.8 Å². The molecule has 0 radical (unpaired) electrons. The number of rotatable bonds is 9. The normalized spacial score (nSPS) is 10.6. The molecular weight excluding hydrogens is 412 g/mol. The van der Waals surface area contributed by atoms with Crippen LogP contribution in [-0.4, -0.2) is 40.1 Å². The summed E-state index contributed by atoms with van der Waals surface area (Å²) in [5, 5.41) is 12.5. The Morgan fingerprint density at radius 3 is 2.69 bits per heavy atom. The third kappa shape index (κ3) is 5.88. The molecule has 0 fully saturated rings. The highest BCUT2D eigenvalue weighted by Crippen LogP contribution is 2.23. The van der Waals surface area contributed by atoms with Crippen molar-refractivity contribution in [1.82, 2.24) is 14.8 Å². The van der Waals surface area contributed by atoms with E-state index >= 15 is 0 Å². The van der Waals surface area contributed by atoms with Crippen molar-refractivity contribution < 1.29 is 14.3 Å². The number of aromatic nitrogens is 3. The standard InChI is InChI=1S/C20H21ClN4O3S/c1-25-18(13-19(26)22-16-5-3-4-6-17(16)27-2)23-24-20(25)29-12-11-28-15-9-7-14(21)8-10-15/h3-10H,11-13H2,1-2H3,(H,22,26). The number of amides is 1. The number of nitrogens with one attached hydrogen (secondary N) is 1. The summed E-state index contributed by atoms with van der Waals surface area (Å²) in [6, 6.07) is 14.5. The van der Waals surface area contributed by atoms with Crippen LogP contribution < -0.4 is 14.8 Å². The first-order valence-electron chi connectivity index (χ1n) is 8.89. The lowest BCUT2D eigenvalue weighted by atomic mass is 10.2. The predicted octanol–water partition coefficient (Wildman–Crippen LogP) is 3.83. The maximum Gasteiger partial charge on any atom is 0.232 e. The molecule has 1 aromatic heterocycles. The van der Waals surface area contributed by atoms with Gasteiger partial charge in [0, 0.05) is 17.8 Å². The minimum absolute atomic E-state index is 0.114. The number of methoxy groups -OCH3 is 1. The van der Waals surface area contributed by atoms with Crippen molar-refractivity contribution in [3.8, 4) is 11.5 Å². The minimum atomic E-state index is -0.187. The van der Waals surface area contributed by atoms with Crippen molar-refractivity contribution in [1.29, 1.82) is 0 Å². The Balaban J connectivity index is 1.49. The third-order valence-electron chi connectivity index (χ3n) is 4.02. The van der Waals surface area contributed by atoms with E-state index in [4.69, 9.17) is 21.1 Å². The van der Waals surface area contributed by atoms with Gasteiger partial charge in [0.25, 0.3) is 0 Å². The molecule has 1 amide bonds. The number of thioether (sulfide) groups is 1. The van der Waals surface area contributed by atoms with Crippen molar-refractivity contribution >= 4 is 35.0 Å². The predicted molar refractivity (Wildman–Crippen MR) is 114 cm³/mol. The van der Waals surface area contributed by atoms with E-state index in [1.54, 1.807) is 31.4 Å². The quantitative estimate of drug-likeness (QED) is 0.409. The summed E-state index contributed by atoms with van der Waals surface area (Å²) < 4.78 is 12.7. The van der Waals surface area contributed by atoms with Crippen molar-refractivity contribution in [2.75, 3.05) is 24.8 Å². The summed E-state index contributed by atoms with van der Waals surface area (Å²) in [4.78, 5) is 12.4. The number of halogens is 1. The lowest BCUT2D eigenvalue weighted by molar-refractivity contribution is -0.115. The fraction of sp³-hybridized carbons (Fsp3) is 0.250. The summed E-state index contributed by atoms with van der Waals surface area (Å²) >= 11 is 7.37. The molecule has 3 aromatic rings. The van der Waals surface area contributed by atoms with Crippen LogP contribution in [0.15, 0.2) is 53.7 Å². The van der Waals surface area contributed by atoms with Crippen LogP contribution in [0.5, 0.6) is 11.5 Å². The fourth-order valence-electron chi connectivity index (χ4n) is 2.53. The Morgan fingerprint density at radius 2 is 1.93 bits per heavy atom. The van der Waals surface area contributed by atoms with Crippen LogP contribution in [0.25, 0.3) is 0 Å². The van der Waals surface area contributed by atoms with E-state index < -0.39 is 0 Å². The average molecular weight is 433 g/mol. The smallest absolute Gasteiger partial charge is 0.232 e. The number of hydrogen-bond acceptors (Lipinski definition) is 6. The Labute approximate surface area is 178 Å². The molecule has 0 aliphatic heterocycles. The van der Waals surface area contributed by atoms with Crippen molar-refractivity contribution in [2.45, 2.75) is 11.6 Å². The zero-order chi connectivity index (χ0) is 20.6. The summed E-state index contributed by atoms with van der Waals surface area (Å²) in [5.41, 5.74) is 0.621. The van der Waals surface area contributed by atoms with E-state index in [0.29, 0.717) is 34.6 Å². The molecule has 7 nitrogen and oxygen atoms in total. The van der Waals surface area contributed by atoms with E-state index in [1.807, 2.05) is 35.9 Å². The van der Waals surface area contributed by atoms with Gasteiger partial charge in [0.1, 0.15) is 17.3 Å². The molecule has 1 N–H and O–H groups in total. The molecule has 0 saturated carbocycles. The molecule has 2 aromatic carbocycles. The largest absolute Gasteiger partial charge is 0.495 e. The highest BCUT2D eigenvalue weighted by atomic mass is 35.5. The Hall–Kier alpha value is -2.71. The number of carbonyl (C=O) groups excluding carboxylic acids is 1. The number of anilines is 1. The topological polar surface area (TPSA) is 78.3 Å². The monoisotopic (exact) mass is 432 g/mol. The Bertz CT molecular complexity index is 963.